The Morgan fingerprint density at radius 3 is 2.72 bits per heavy atom. The second kappa shape index (κ2) is 7.65. The predicted molar refractivity (Wildman–Crippen MR) is 93.0 cm³/mol. The first-order chi connectivity index (χ1) is 12.0. The Bertz CT molecular complexity index is 670. The summed E-state index contributed by atoms with van der Waals surface area (Å²) in [5, 5.41) is 5.51. The number of nitrogens with one attached hydrogen (secondary N) is 2. The van der Waals surface area contributed by atoms with Crippen LogP contribution in [0.2, 0.25) is 0 Å². The molecule has 7 heteroatoms. The van der Waals surface area contributed by atoms with Crippen LogP contribution in [-0.4, -0.2) is 48.4 Å². The molecule has 3 rings (SSSR count). The average Bonchev–Trinajstić information content (AvgIpc) is 3.18. The normalized spacial score (nSPS) is 22.9. The largest absolute Gasteiger partial charge is 0.376 e. The van der Waals surface area contributed by atoms with Gasteiger partial charge in [0.15, 0.2) is 0 Å². The maximum atomic E-state index is 12.5. The Morgan fingerprint density at radius 1 is 1.28 bits per heavy atom. The van der Waals surface area contributed by atoms with Gasteiger partial charge in [-0.15, -0.1) is 0 Å². The molecular weight excluding hydrogens is 322 g/mol. The molecule has 2 aliphatic rings. The number of rotatable bonds is 5. The molecule has 0 saturated carbocycles. The molecule has 0 aliphatic carbocycles. The zero-order chi connectivity index (χ0) is 17.8. The molecule has 2 aliphatic heterocycles. The molecule has 7 nitrogen and oxygen atoms in total. The van der Waals surface area contributed by atoms with E-state index in [0.29, 0.717) is 24.5 Å². The minimum atomic E-state index is -0.363. The van der Waals surface area contributed by atoms with Gasteiger partial charge < -0.3 is 20.3 Å². The first-order valence-electron chi connectivity index (χ1n) is 8.59. The Kier molecular flexibility index (Phi) is 5.33. The Balaban J connectivity index is 1.56. The summed E-state index contributed by atoms with van der Waals surface area (Å²) in [6.45, 7) is 3.18. The van der Waals surface area contributed by atoms with E-state index >= 15 is 0 Å². The van der Waals surface area contributed by atoms with Gasteiger partial charge in [0.05, 0.1) is 12.0 Å². The third-order valence-electron chi connectivity index (χ3n) is 4.48. The van der Waals surface area contributed by atoms with Crippen LogP contribution < -0.4 is 10.6 Å². The number of hydrogen-bond acceptors (Lipinski definition) is 4. The molecule has 1 aromatic rings. The smallest absolute Gasteiger partial charge is 0.229 e. The Morgan fingerprint density at radius 2 is 2.04 bits per heavy atom. The minimum Gasteiger partial charge on any atom is -0.376 e. The van der Waals surface area contributed by atoms with Crippen LogP contribution in [0.3, 0.4) is 0 Å². The van der Waals surface area contributed by atoms with Crippen molar-refractivity contribution in [2.24, 2.45) is 5.92 Å². The molecule has 3 amide bonds. The fourth-order valence-corrected chi connectivity index (χ4v) is 3.28. The van der Waals surface area contributed by atoms with E-state index in [0.717, 1.165) is 19.4 Å². The van der Waals surface area contributed by atoms with Crippen molar-refractivity contribution in [3.8, 4) is 0 Å². The van der Waals surface area contributed by atoms with Crippen molar-refractivity contribution >= 4 is 29.1 Å². The third-order valence-corrected chi connectivity index (χ3v) is 4.48. The van der Waals surface area contributed by atoms with Crippen LogP contribution >= 0.6 is 0 Å². The minimum absolute atomic E-state index is 0.00245. The van der Waals surface area contributed by atoms with E-state index in [2.05, 4.69) is 10.6 Å². The lowest BCUT2D eigenvalue weighted by Gasteiger charge is -2.20. The van der Waals surface area contributed by atoms with Gasteiger partial charge in [-0.05, 0) is 31.0 Å². The zero-order valence-corrected chi connectivity index (χ0v) is 14.3. The highest BCUT2D eigenvalue weighted by Gasteiger charge is 2.35. The van der Waals surface area contributed by atoms with Crippen LogP contribution in [0.1, 0.15) is 26.2 Å². The lowest BCUT2D eigenvalue weighted by atomic mass is 10.1. The fraction of sp³-hybridized carbons (Fsp3) is 0.500. The molecule has 1 aromatic carbocycles. The van der Waals surface area contributed by atoms with Crippen molar-refractivity contribution in [1.29, 1.82) is 0 Å². The molecule has 25 heavy (non-hydrogen) atoms. The van der Waals surface area contributed by atoms with Gasteiger partial charge in [0, 0.05) is 44.4 Å². The van der Waals surface area contributed by atoms with E-state index in [1.165, 1.54) is 6.92 Å². The third kappa shape index (κ3) is 4.57. The second-order valence-corrected chi connectivity index (χ2v) is 6.59. The summed E-state index contributed by atoms with van der Waals surface area (Å²) in [5.74, 6) is -0.709. The van der Waals surface area contributed by atoms with Crippen molar-refractivity contribution in [2.75, 3.05) is 30.3 Å². The summed E-state index contributed by atoms with van der Waals surface area (Å²) >= 11 is 0. The van der Waals surface area contributed by atoms with Gasteiger partial charge in [-0.2, -0.15) is 0 Å². The molecular formula is C18H23N3O4. The molecule has 2 fully saturated rings. The van der Waals surface area contributed by atoms with E-state index in [-0.39, 0.29) is 36.2 Å². The topological polar surface area (TPSA) is 87.7 Å². The highest BCUT2D eigenvalue weighted by atomic mass is 16.5. The van der Waals surface area contributed by atoms with Gasteiger partial charge in [-0.3, -0.25) is 14.4 Å². The molecule has 2 heterocycles. The van der Waals surface area contributed by atoms with Crippen LogP contribution in [0.4, 0.5) is 11.4 Å². The second-order valence-electron chi connectivity index (χ2n) is 6.59. The fourth-order valence-electron chi connectivity index (χ4n) is 3.28. The standard InChI is InChI=1S/C18H23N3O4/c1-12(22)19-14-4-2-5-15(9-14)20-18(24)13-8-17(23)21(10-13)11-16-6-3-7-25-16/h2,4-5,9,13,16H,3,6-8,10-11H2,1H3,(H,19,22)(H,20,24). The van der Waals surface area contributed by atoms with Gasteiger partial charge in [-0.25, -0.2) is 0 Å². The van der Waals surface area contributed by atoms with Crippen LogP contribution in [-0.2, 0) is 19.1 Å². The van der Waals surface area contributed by atoms with E-state index in [1.807, 2.05) is 0 Å². The SMILES string of the molecule is CC(=O)Nc1cccc(NC(=O)C2CC(=O)N(CC3CCCO3)C2)c1. The molecule has 0 spiro atoms. The first kappa shape index (κ1) is 17.4. The summed E-state index contributed by atoms with van der Waals surface area (Å²) in [4.78, 5) is 37.5. The predicted octanol–water partition coefficient (Wildman–Crippen LogP) is 1.61. The summed E-state index contributed by atoms with van der Waals surface area (Å²) in [6, 6.07) is 6.95. The van der Waals surface area contributed by atoms with Gasteiger partial charge in [0.25, 0.3) is 0 Å². The number of hydrogen-bond donors (Lipinski definition) is 2. The summed E-state index contributed by atoms with van der Waals surface area (Å²) in [7, 11) is 0. The number of amides is 3. The molecule has 2 atom stereocenters. The van der Waals surface area contributed by atoms with Crippen LogP contribution in [0.15, 0.2) is 24.3 Å². The van der Waals surface area contributed by atoms with Crippen molar-refractivity contribution in [2.45, 2.75) is 32.3 Å². The number of nitrogens with zero attached hydrogens (tertiary/aromatic N) is 1. The van der Waals surface area contributed by atoms with Crippen LogP contribution in [0.5, 0.6) is 0 Å². The molecule has 2 saturated heterocycles. The van der Waals surface area contributed by atoms with Crippen molar-refractivity contribution in [1.82, 2.24) is 4.90 Å². The number of carbonyl (C=O) groups excluding carboxylic acids is 3. The number of anilines is 2. The number of likely N-dealkylation sites (tertiary alicyclic amines) is 1. The first-order valence-corrected chi connectivity index (χ1v) is 8.59. The van der Waals surface area contributed by atoms with E-state index in [1.54, 1.807) is 29.2 Å². The molecule has 0 bridgehead atoms. The molecule has 2 N–H and O–H groups in total. The average molecular weight is 345 g/mol. The van der Waals surface area contributed by atoms with E-state index in [9.17, 15) is 14.4 Å². The number of carbonyl (C=O) groups is 3. The summed E-state index contributed by atoms with van der Waals surface area (Å²) in [5.41, 5.74) is 1.22. The highest BCUT2D eigenvalue weighted by molar-refractivity contribution is 5.98. The summed E-state index contributed by atoms with van der Waals surface area (Å²) < 4.78 is 5.57. The van der Waals surface area contributed by atoms with Crippen molar-refractivity contribution in [3.63, 3.8) is 0 Å². The molecule has 134 valence electrons. The molecule has 0 aromatic heterocycles. The van der Waals surface area contributed by atoms with E-state index in [4.69, 9.17) is 4.74 Å². The van der Waals surface area contributed by atoms with Crippen LogP contribution in [0, 0.1) is 5.92 Å². The lowest BCUT2D eigenvalue weighted by Crippen LogP contribution is -2.34. The number of ether oxygens (including phenoxy) is 1. The zero-order valence-electron chi connectivity index (χ0n) is 14.3. The van der Waals surface area contributed by atoms with E-state index < -0.39 is 0 Å². The molecule has 0 radical (unpaired) electrons. The monoisotopic (exact) mass is 345 g/mol. The van der Waals surface area contributed by atoms with Crippen LogP contribution in [0.25, 0.3) is 0 Å². The van der Waals surface area contributed by atoms with Crippen molar-refractivity contribution < 1.29 is 19.1 Å². The number of benzene rings is 1. The van der Waals surface area contributed by atoms with Gasteiger partial charge in [0.2, 0.25) is 17.7 Å². The van der Waals surface area contributed by atoms with Gasteiger partial charge in [0.1, 0.15) is 0 Å². The summed E-state index contributed by atoms with van der Waals surface area (Å²) in [6.07, 6.45) is 2.32. The maximum absolute atomic E-state index is 12.5. The van der Waals surface area contributed by atoms with Gasteiger partial charge >= 0.3 is 0 Å². The maximum Gasteiger partial charge on any atom is 0.229 e. The Labute approximate surface area is 146 Å². The lowest BCUT2D eigenvalue weighted by molar-refractivity contribution is -0.129. The molecule has 2 unspecified atom stereocenters. The van der Waals surface area contributed by atoms with Gasteiger partial charge in [-0.1, -0.05) is 6.07 Å². The van der Waals surface area contributed by atoms with Crippen molar-refractivity contribution in [3.05, 3.63) is 24.3 Å². The highest BCUT2D eigenvalue weighted by Crippen LogP contribution is 2.23. The Hall–Kier alpha value is -2.41. The quantitative estimate of drug-likeness (QED) is 0.849.